The third-order valence-electron chi connectivity index (χ3n) is 2.50. The summed E-state index contributed by atoms with van der Waals surface area (Å²) < 4.78 is 0. The number of carboxylic acids is 1. The molecule has 4 nitrogen and oxygen atoms in total. The molecule has 2 rings (SSSR count). The number of nitrogens with two attached hydrogens (primary N) is 1. The highest BCUT2D eigenvalue weighted by atomic mass is 16.4. The van der Waals surface area contributed by atoms with Crippen molar-refractivity contribution in [2.75, 3.05) is 17.6 Å². The molecule has 1 aliphatic rings. The lowest BCUT2D eigenvalue weighted by molar-refractivity contribution is -0.138. The third-order valence-corrected chi connectivity index (χ3v) is 2.50. The summed E-state index contributed by atoms with van der Waals surface area (Å²) in [4.78, 5) is 11.0. The highest BCUT2D eigenvalue weighted by Crippen LogP contribution is 2.32. The molecule has 1 aromatic rings. The summed E-state index contributed by atoms with van der Waals surface area (Å²) >= 11 is 0. The molecule has 0 fully saturated rings. The lowest BCUT2D eigenvalue weighted by atomic mass is 9.91. The van der Waals surface area contributed by atoms with Gasteiger partial charge < -0.3 is 16.2 Å². The number of carboxylic acid groups (broad SMARTS) is 1. The zero-order valence-electron chi connectivity index (χ0n) is 7.66. The average Bonchev–Trinajstić information content (AvgIpc) is 2.16. The van der Waals surface area contributed by atoms with Crippen LogP contribution in [-0.2, 0) is 4.79 Å². The maximum atomic E-state index is 11.0. The van der Waals surface area contributed by atoms with Crippen LogP contribution in [0, 0.1) is 0 Å². The molecular formula is C10H12N2O2. The van der Waals surface area contributed by atoms with Crippen molar-refractivity contribution in [3.63, 3.8) is 0 Å². The van der Waals surface area contributed by atoms with Crippen molar-refractivity contribution in [1.29, 1.82) is 0 Å². The van der Waals surface area contributed by atoms with Gasteiger partial charge in [-0.25, -0.2) is 0 Å². The molecule has 0 saturated heterocycles. The summed E-state index contributed by atoms with van der Waals surface area (Å²) in [6, 6.07) is 5.34. The molecule has 4 heteroatoms. The van der Waals surface area contributed by atoms with Gasteiger partial charge in [0, 0.05) is 17.9 Å². The number of nitrogen functional groups attached to an aromatic ring is 1. The van der Waals surface area contributed by atoms with E-state index >= 15 is 0 Å². The molecule has 0 amide bonds. The second-order valence-electron chi connectivity index (χ2n) is 3.45. The summed E-state index contributed by atoms with van der Waals surface area (Å²) in [6.45, 7) is 0.702. The first-order chi connectivity index (χ1) is 6.68. The molecule has 1 heterocycles. The number of benzene rings is 1. The number of fused-ring (bicyclic) bond motifs is 1. The lowest BCUT2D eigenvalue weighted by Gasteiger charge is -2.23. The summed E-state index contributed by atoms with van der Waals surface area (Å²) in [6.07, 6.45) is 0.617. The number of aliphatic carboxylic acids is 1. The minimum atomic E-state index is -0.779. The van der Waals surface area contributed by atoms with Crippen molar-refractivity contribution in [2.24, 2.45) is 0 Å². The van der Waals surface area contributed by atoms with Crippen LogP contribution in [0.25, 0.3) is 0 Å². The van der Waals surface area contributed by atoms with Crippen LogP contribution in [0.1, 0.15) is 17.9 Å². The Hall–Kier alpha value is -1.71. The van der Waals surface area contributed by atoms with Gasteiger partial charge in [-0.1, -0.05) is 0 Å². The van der Waals surface area contributed by atoms with E-state index in [1.165, 1.54) is 0 Å². The van der Waals surface area contributed by atoms with Gasteiger partial charge in [-0.05, 0) is 30.2 Å². The molecule has 1 aliphatic heterocycles. The highest BCUT2D eigenvalue weighted by molar-refractivity contribution is 5.80. The molecule has 0 aliphatic carbocycles. The summed E-state index contributed by atoms with van der Waals surface area (Å²) in [5, 5.41) is 12.2. The zero-order valence-corrected chi connectivity index (χ0v) is 7.66. The topological polar surface area (TPSA) is 75.4 Å². The first kappa shape index (κ1) is 8.87. The van der Waals surface area contributed by atoms with E-state index in [4.69, 9.17) is 10.8 Å². The molecule has 1 atom stereocenters. The van der Waals surface area contributed by atoms with Gasteiger partial charge in [0.2, 0.25) is 0 Å². The first-order valence-electron chi connectivity index (χ1n) is 4.54. The van der Waals surface area contributed by atoms with Crippen LogP contribution in [0.4, 0.5) is 11.4 Å². The monoisotopic (exact) mass is 192 g/mol. The number of carbonyl (C=O) groups is 1. The Morgan fingerprint density at radius 2 is 2.36 bits per heavy atom. The largest absolute Gasteiger partial charge is 0.481 e. The van der Waals surface area contributed by atoms with Crippen molar-refractivity contribution in [1.82, 2.24) is 0 Å². The van der Waals surface area contributed by atoms with Crippen molar-refractivity contribution >= 4 is 17.3 Å². The Morgan fingerprint density at radius 3 is 3.07 bits per heavy atom. The highest BCUT2D eigenvalue weighted by Gasteiger charge is 2.25. The predicted octanol–water partition coefficient (Wildman–Crippen LogP) is 1.25. The Balaban J connectivity index is 2.46. The number of hydrogen-bond donors (Lipinski definition) is 3. The molecule has 0 radical (unpaired) electrons. The summed E-state index contributed by atoms with van der Waals surface area (Å²) in [7, 11) is 0. The van der Waals surface area contributed by atoms with Crippen LogP contribution < -0.4 is 11.1 Å². The maximum absolute atomic E-state index is 11.0. The molecule has 1 unspecified atom stereocenters. The van der Waals surface area contributed by atoms with Crippen molar-refractivity contribution in [3.05, 3.63) is 23.8 Å². The van der Waals surface area contributed by atoms with E-state index in [0.29, 0.717) is 18.7 Å². The number of hydrogen-bond acceptors (Lipinski definition) is 3. The number of anilines is 2. The van der Waals surface area contributed by atoms with Crippen molar-refractivity contribution in [2.45, 2.75) is 12.3 Å². The standard InChI is InChI=1S/C10H12N2O2/c11-6-1-2-9-8(5-6)7(10(13)14)3-4-12-9/h1-2,5,7,12H,3-4,11H2,(H,13,14). The SMILES string of the molecule is Nc1ccc2c(c1)C(C(=O)O)CCN2. The van der Waals surface area contributed by atoms with Gasteiger partial charge in [0.05, 0.1) is 5.92 Å². The Bertz CT molecular complexity index is 376. The van der Waals surface area contributed by atoms with E-state index in [0.717, 1.165) is 11.3 Å². The third kappa shape index (κ3) is 1.39. The zero-order chi connectivity index (χ0) is 10.1. The molecule has 0 aromatic heterocycles. The van der Waals surface area contributed by atoms with Gasteiger partial charge in [0.25, 0.3) is 0 Å². The van der Waals surface area contributed by atoms with Gasteiger partial charge in [0.15, 0.2) is 0 Å². The first-order valence-corrected chi connectivity index (χ1v) is 4.54. The normalized spacial score (nSPS) is 19.6. The fourth-order valence-electron chi connectivity index (χ4n) is 1.79. The second-order valence-corrected chi connectivity index (χ2v) is 3.45. The van der Waals surface area contributed by atoms with Crippen molar-refractivity contribution in [3.8, 4) is 0 Å². The Kier molecular flexibility index (Phi) is 2.04. The Labute approximate surface area is 81.7 Å². The van der Waals surface area contributed by atoms with Gasteiger partial charge in [-0.2, -0.15) is 0 Å². The van der Waals surface area contributed by atoms with E-state index in [-0.39, 0.29) is 0 Å². The van der Waals surface area contributed by atoms with Crippen LogP contribution >= 0.6 is 0 Å². The molecule has 0 saturated carbocycles. The summed E-state index contributed by atoms with van der Waals surface area (Å²) in [5.74, 6) is -1.20. The van der Waals surface area contributed by atoms with E-state index in [9.17, 15) is 4.79 Å². The number of rotatable bonds is 1. The van der Waals surface area contributed by atoms with E-state index in [2.05, 4.69) is 5.32 Å². The smallest absolute Gasteiger partial charge is 0.311 e. The van der Waals surface area contributed by atoms with E-state index in [1.807, 2.05) is 6.07 Å². The van der Waals surface area contributed by atoms with Gasteiger partial charge >= 0.3 is 5.97 Å². The maximum Gasteiger partial charge on any atom is 0.311 e. The van der Waals surface area contributed by atoms with Crippen LogP contribution in [0.5, 0.6) is 0 Å². The van der Waals surface area contributed by atoms with Crippen molar-refractivity contribution < 1.29 is 9.90 Å². The Morgan fingerprint density at radius 1 is 1.57 bits per heavy atom. The van der Waals surface area contributed by atoms with Gasteiger partial charge in [-0.15, -0.1) is 0 Å². The fourth-order valence-corrected chi connectivity index (χ4v) is 1.79. The summed E-state index contributed by atoms with van der Waals surface area (Å²) in [5.41, 5.74) is 7.92. The van der Waals surface area contributed by atoms with Gasteiger partial charge in [-0.3, -0.25) is 4.79 Å². The molecule has 0 bridgehead atoms. The van der Waals surface area contributed by atoms with Crippen LogP contribution in [0.15, 0.2) is 18.2 Å². The molecule has 1 aromatic carbocycles. The fraction of sp³-hybridized carbons (Fsp3) is 0.300. The van der Waals surface area contributed by atoms with E-state index in [1.54, 1.807) is 12.1 Å². The molecule has 4 N–H and O–H groups in total. The van der Waals surface area contributed by atoms with E-state index < -0.39 is 11.9 Å². The van der Waals surface area contributed by atoms with Gasteiger partial charge in [0.1, 0.15) is 0 Å². The predicted molar refractivity (Wildman–Crippen MR) is 54.3 cm³/mol. The molecule has 14 heavy (non-hydrogen) atoms. The van der Waals surface area contributed by atoms with Crippen LogP contribution in [0.2, 0.25) is 0 Å². The molecule has 0 spiro atoms. The minimum Gasteiger partial charge on any atom is -0.481 e. The second kappa shape index (κ2) is 3.21. The number of nitrogens with one attached hydrogen (secondary N) is 1. The lowest BCUT2D eigenvalue weighted by Crippen LogP contribution is -2.22. The molecular weight excluding hydrogens is 180 g/mol. The van der Waals surface area contributed by atoms with Crippen LogP contribution in [0.3, 0.4) is 0 Å². The minimum absolute atomic E-state index is 0.422. The average molecular weight is 192 g/mol. The quantitative estimate of drug-likeness (QED) is 0.585. The van der Waals surface area contributed by atoms with Crippen LogP contribution in [-0.4, -0.2) is 17.6 Å². The molecule has 74 valence electrons.